The Labute approximate surface area is 130 Å². The quantitative estimate of drug-likeness (QED) is 0.841. The average molecular weight is 385 g/mol. The van der Waals surface area contributed by atoms with Crippen molar-refractivity contribution in [3.8, 4) is 11.4 Å². The van der Waals surface area contributed by atoms with Crippen LogP contribution in [0.3, 0.4) is 0 Å². The monoisotopic (exact) mass is 383 g/mol. The Morgan fingerprint density at radius 2 is 1.95 bits per heavy atom. The van der Waals surface area contributed by atoms with Gasteiger partial charge in [-0.25, -0.2) is 9.97 Å². The summed E-state index contributed by atoms with van der Waals surface area (Å²) in [6, 6.07) is 6.13. The van der Waals surface area contributed by atoms with Crippen LogP contribution >= 0.6 is 31.9 Å². The normalized spacial score (nSPS) is 10.6. The van der Waals surface area contributed by atoms with Crippen molar-refractivity contribution in [1.29, 1.82) is 0 Å². The number of nitrogens with one attached hydrogen (secondary N) is 1. The van der Waals surface area contributed by atoms with Crippen LogP contribution in [0.4, 0.5) is 5.82 Å². The molecule has 100 valence electrons. The van der Waals surface area contributed by atoms with Crippen LogP contribution < -0.4 is 5.32 Å². The van der Waals surface area contributed by atoms with Crippen LogP contribution in [-0.2, 0) is 6.42 Å². The van der Waals surface area contributed by atoms with E-state index in [1.807, 2.05) is 19.2 Å². The Balaban J connectivity index is 2.62. The number of benzene rings is 1. The Kier molecular flexibility index (Phi) is 4.58. The number of aryl methyl sites for hydroxylation is 2. The van der Waals surface area contributed by atoms with Gasteiger partial charge in [-0.2, -0.15) is 0 Å². The fourth-order valence-corrected chi connectivity index (χ4v) is 3.02. The van der Waals surface area contributed by atoms with Gasteiger partial charge in [0.05, 0.1) is 10.2 Å². The number of nitrogens with zero attached hydrogens (tertiary/aromatic N) is 2. The van der Waals surface area contributed by atoms with Crippen molar-refractivity contribution in [3.63, 3.8) is 0 Å². The summed E-state index contributed by atoms with van der Waals surface area (Å²) < 4.78 is 2.01. The van der Waals surface area contributed by atoms with Gasteiger partial charge in [-0.05, 0) is 53.0 Å². The van der Waals surface area contributed by atoms with Crippen molar-refractivity contribution in [3.05, 3.63) is 38.4 Å². The lowest BCUT2D eigenvalue weighted by Gasteiger charge is -2.11. The highest BCUT2D eigenvalue weighted by atomic mass is 79.9. The molecule has 0 radical (unpaired) electrons. The van der Waals surface area contributed by atoms with E-state index in [4.69, 9.17) is 0 Å². The van der Waals surface area contributed by atoms with Gasteiger partial charge < -0.3 is 5.32 Å². The van der Waals surface area contributed by atoms with E-state index in [0.717, 1.165) is 43.8 Å². The first-order chi connectivity index (χ1) is 9.06. The lowest BCUT2D eigenvalue weighted by Crippen LogP contribution is -2.03. The van der Waals surface area contributed by atoms with Crippen molar-refractivity contribution in [2.75, 3.05) is 12.4 Å². The van der Waals surface area contributed by atoms with E-state index in [1.54, 1.807) is 0 Å². The molecule has 5 heteroatoms. The van der Waals surface area contributed by atoms with Gasteiger partial charge in [-0.15, -0.1) is 0 Å². The predicted octanol–water partition coefficient (Wildman–Crippen LogP) is 4.58. The van der Waals surface area contributed by atoms with Crippen molar-refractivity contribution in [2.45, 2.75) is 20.3 Å². The molecule has 0 aliphatic carbocycles. The van der Waals surface area contributed by atoms with Crippen molar-refractivity contribution in [2.24, 2.45) is 0 Å². The standard InChI is InChI=1S/C14H15Br2N3/c1-4-11-12(16)14(17-3)19-13(18-11)10-6-5-9(15)7-8(10)2/h5-7H,4H2,1-3H3,(H,17,18,19). The highest BCUT2D eigenvalue weighted by Gasteiger charge is 2.13. The summed E-state index contributed by atoms with van der Waals surface area (Å²) in [4.78, 5) is 9.22. The zero-order valence-corrected chi connectivity index (χ0v) is 14.3. The number of hydrogen-bond donors (Lipinski definition) is 1. The molecule has 1 heterocycles. The van der Waals surface area contributed by atoms with Gasteiger partial charge in [0.15, 0.2) is 5.82 Å². The third-order valence-corrected chi connectivity index (χ3v) is 4.25. The first-order valence-electron chi connectivity index (χ1n) is 6.07. The minimum absolute atomic E-state index is 0.759. The van der Waals surface area contributed by atoms with Crippen LogP contribution in [-0.4, -0.2) is 17.0 Å². The molecule has 0 atom stereocenters. The Morgan fingerprint density at radius 1 is 1.21 bits per heavy atom. The lowest BCUT2D eigenvalue weighted by atomic mass is 10.1. The summed E-state index contributed by atoms with van der Waals surface area (Å²) in [5.41, 5.74) is 3.22. The molecule has 1 N–H and O–H groups in total. The topological polar surface area (TPSA) is 37.8 Å². The number of halogens is 2. The molecule has 0 aliphatic heterocycles. The van der Waals surface area contributed by atoms with E-state index in [2.05, 4.69) is 67.1 Å². The highest BCUT2D eigenvalue weighted by molar-refractivity contribution is 9.11. The molecule has 0 unspecified atom stereocenters. The Hall–Kier alpha value is -0.940. The zero-order chi connectivity index (χ0) is 14.0. The summed E-state index contributed by atoms with van der Waals surface area (Å²) >= 11 is 7.02. The average Bonchev–Trinajstić information content (AvgIpc) is 2.39. The fourth-order valence-electron chi connectivity index (χ4n) is 1.89. The molecule has 3 nitrogen and oxygen atoms in total. The van der Waals surface area contributed by atoms with Crippen LogP contribution in [0.2, 0.25) is 0 Å². The third-order valence-electron chi connectivity index (χ3n) is 2.92. The molecule has 1 aromatic heterocycles. The highest BCUT2D eigenvalue weighted by Crippen LogP contribution is 2.29. The molecular weight excluding hydrogens is 370 g/mol. The van der Waals surface area contributed by atoms with E-state index in [0.29, 0.717) is 0 Å². The maximum Gasteiger partial charge on any atom is 0.162 e. The minimum Gasteiger partial charge on any atom is -0.372 e. The molecular formula is C14H15Br2N3. The molecule has 0 spiro atoms. The summed E-state index contributed by atoms with van der Waals surface area (Å²) in [5.74, 6) is 1.58. The van der Waals surface area contributed by atoms with Crippen LogP contribution in [0, 0.1) is 6.92 Å². The molecule has 0 amide bonds. The van der Waals surface area contributed by atoms with E-state index in [-0.39, 0.29) is 0 Å². The molecule has 0 fully saturated rings. The summed E-state index contributed by atoms with van der Waals surface area (Å²) in [6.45, 7) is 4.15. The van der Waals surface area contributed by atoms with Gasteiger partial charge in [0, 0.05) is 17.1 Å². The summed E-state index contributed by atoms with van der Waals surface area (Å²) in [5, 5.41) is 3.10. The third kappa shape index (κ3) is 2.98. The van der Waals surface area contributed by atoms with Crippen molar-refractivity contribution in [1.82, 2.24) is 9.97 Å². The van der Waals surface area contributed by atoms with E-state index in [9.17, 15) is 0 Å². The number of rotatable bonds is 3. The maximum atomic E-state index is 4.65. The Morgan fingerprint density at radius 3 is 2.53 bits per heavy atom. The first kappa shape index (κ1) is 14.5. The molecule has 1 aromatic carbocycles. The van der Waals surface area contributed by atoms with Crippen LogP contribution in [0.5, 0.6) is 0 Å². The zero-order valence-electron chi connectivity index (χ0n) is 11.1. The number of anilines is 1. The second-order valence-corrected chi connectivity index (χ2v) is 5.93. The SMILES string of the molecule is CCc1nc(-c2ccc(Br)cc2C)nc(NC)c1Br. The van der Waals surface area contributed by atoms with Gasteiger partial charge >= 0.3 is 0 Å². The summed E-state index contributed by atoms with van der Waals surface area (Å²) in [6.07, 6.45) is 0.861. The lowest BCUT2D eigenvalue weighted by molar-refractivity contribution is 0.990. The number of hydrogen-bond acceptors (Lipinski definition) is 3. The van der Waals surface area contributed by atoms with Gasteiger partial charge in [0.2, 0.25) is 0 Å². The van der Waals surface area contributed by atoms with Gasteiger partial charge in [-0.1, -0.05) is 22.9 Å². The van der Waals surface area contributed by atoms with Gasteiger partial charge in [0.25, 0.3) is 0 Å². The molecule has 2 rings (SSSR count). The smallest absolute Gasteiger partial charge is 0.162 e. The predicted molar refractivity (Wildman–Crippen MR) is 86.5 cm³/mol. The second kappa shape index (κ2) is 6.01. The van der Waals surface area contributed by atoms with Crippen molar-refractivity contribution >= 4 is 37.7 Å². The molecule has 19 heavy (non-hydrogen) atoms. The molecule has 2 aromatic rings. The van der Waals surface area contributed by atoms with Crippen LogP contribution in [0.25, 0.3) is 11.4 Å². The number of aromatic nitrogens is 2. The largest absolute Gasteiger partial charge is 0.372 e. The van der Waals surface area contributed by atoms with E-state index < -0.39 is 0 Å². The van der Waals surface area contributed by atoms with Crippen LogP contribution in [0.1, 0.15) is 18.2 Å². The van der Waals surface area contributed by atoms with Gasteiger partial charge in [0.1, 0.15) is 5.82 Å². The molecule has 0 saturated carbocycles. The molecule has 0 saturated heterocycles. The Bertz CT molecular complexity index is 587. The second-order valence-electron chi connectivity index (χ2n) is 4.22. The maximum absolute atomic E-state index is 4.65. The molecule has 0 aliphatic rings. The van der Waals surface area contributed by atoms with Gasteiger partial charge in [-0.3, -0.25) is 0 Å². The summed E-state index contributed by atoms with van der Waals surface area (Å²) in [7, 11) is 1.87. The van der Waals surface area contributed by atoms with E-state index >= 15 is 0 Å². The minimum atomic E-state index is 0.759. The first-order valence-corrected chi connectivity index (χ1v) is 7.66. The van der Waals surface area contributed by atoms with E-state index in [1.165, 1.54) is 0 Å². The fraction of sp³-hybridized carbons (Fsp3) is 0.286. The molecule has 0 bridgehead atoms. The van der Waals surface area contributed by atoms with Crippen molar-refractivity contribution < 1.29 is 0 Å². The van der Waals surface area contributed by atoms with Crippen LogP contribution in [0.15, 0.2) is 27.1 Å².